The van der Waals surface area contributed by atoms with Crippen LogP contribution < -0.4 is 4.90 Å². The first-order valence-corrected chi connectivity index (χ1v) is 7.82. The van der Waals surface area contributed by atoms with Crippen molar-refractivity contribution >= 4 is 6.01 Å². The van der Waals surface area contributed by atoms with E-state index in [1.807, 2.05) is 18.2 Å². The number of benzene rings is 1. The number of aromatic nitrogens is 2. The summed E-state index contributed by atoms with van der Waals surface area (Å²) in [4.78, 5) is 4.51. The van der Waals surface area contributed by atoms with Gasteiger partial charge in [0.05, 0.1) is 0 Å². The van der Waals surface area contributed by atoms with E-state index in [-0.39, 0.29) is 0 Å². The first kappa shape index (κ1) is 14.8. The molecule has 0 spiro atoms. The SMILES string of the molecule is CCCc1nnc(N2CCN(Cc3cccc(O)c3)CC2)o1. The van der Waals surface area contributed by atoms with Gasteiger partial charge < -0.3 is 14.4 Å². The minimum atomic E-state index is 0.324. The molecular formula is C16H22N4O2. The highest BCUT2D eigenvalue weighted by atomic mass is 16.4. The van der Waals surface area contributed by atoms with Gasteiger partial charge in [-0.05, 0) is 24.1 Å². The van der Waals surface area contributed by atoms with Gasteiger partial charge in [-0.2, -0.15) is 0 Å². The lowest BCUT2D eigenvalue weighted by molar-refractivity contribution is 0.244. The molecule has 118 valence electrons. The second-order valence-electron chi connectivity index (χ2n) is 5.66. The summed E-state index contributed by atoms with van der Waals surface area (Å²) >= 11 is 0. The Labute approximate surface area is 130 Å². The van der Waals surface area contributed by atoms with E-state index >= 15 is 0 Å². The highest BCUT2D eigenvalue weighted by Gasteiger charge is 2.21. The van der Waals surface area contributed by atoms with Crippen LogP contribution in [-0.2, 0) is 13.0 Å². The van der Waals surface area contributed by atoms with Gasteiger partial charge in [0.25, 0.3) is 0 Å². The third-order valence-electron chi connectivity index (χ3n) is 3.88. The molecule has 0 bridgehead atoms. The van der Waals surface area contributed by atoms with Crippen LogP contribution in [0, 0.1) is 0 Å². The van der Waals surface area contributed by atoms with E-state index in [4.69, 9.17) is 4.42 Å². The fraction of sp³-hybridized carbons (Fsp3) is 0.500. The second kappa shape index (κ2) is 6.79. The van der Waals surface area contributed by atoms with E-state index in [9.17, 15) is 5.11 Å². The van der Waals surface area contributed by atoms with Crippen LogP contribution in [0.3, 0.4) is 0 Å². The van der Waals surface area contributed by atoms with Crippen LogP contribution in [0.1, 0.15) is 24.8 Å². The summed E-state index contributed by atoms with van der Waals surface area (Å²) in [6.07, 6.45) is 1.85. The van der Waals surface area contributed by atoms with Gasteiger partial charge in [-0.25, -0.2) is 0 Å². The summed E-state index contributed by atoms with van der Waals surface area (Å²) in [6.45, 7) is 6.61. The second-order valence-corrected chi connectivity index (χ2v) is 5.66. The Morgan fingerprint density at radius 1 is 1.18 bits per heavy atom. The fourth-order valence-electron chi connectivity index (χ4n) is 2.70. The number of hydrogen-bond acceptors (Lipinski definition) is 6. The molecule has 2 heterocycles. The predicted molar refractivity (Wildman–Crippen MR) is 83.9 cm³/mol. The summed E-state index contributed by atoms with van der Waals surface area (Å²) in [5, 5.41) is 17.7. The highest BCUT2D eigenvalue weighted by molar-refractivity contribution is 5.28. The number of phenols is 1. The average Bonchev–Trinajstić information content (AvgIpc) is 2.97. The lowest BCUT2D eigenvalue weighted by Crippen LogP contribution is -2.46. The molecule has 0 saturated carbocycles. The van der Waals surface area contributed by atoms with Crippen LogP contribution in [0.2, 0.25) is 0 Å². The average molecular weight is 302 g/mol. The largest absolute Gasteiger partial charge is 0.508 e. The zero-order valence-electron chi connectivity index (χ0n) is 12.9. The molecule has 1 aliphatic rings. The number of rotatable bonds is 5. The molecule has 1 fully saturated rings. The maximum atomic E-state index is 9.52. The third-order valence-corrected chi connectivity index (χ3v) is 3.88. The van der Waals surface area contributed by atoms with Gasteiger partial charge in [0.1, 0.15) is 5.75 Å². The number of aryl methyl sites for hydroxylation is 1. The lowest BCUT2D eigenvalue weighted by Gasteiger charge is -2.33. The van der Waals surface area contributed by atoms with Crippen LogP contribution in [0.25, 0.3) is 0 Å². The Bertz CT molecular complexity index is 606. The van der Waals surface area contributed by atoms with Crippen molar-refractivity contribution in [3.63, 3.8) is 0 Å². The minimum absolute atomic E-state index is 0.324. The van der Waals surface area contributed by atoms with Crippen molar-refractivity contribution in [1.82, 2.24) is 15.1 Å². The molecule has 0 aliphatic carbocycles. The van der Waals surface area contributed by atoms with E-state index in [1.54, 1.807) is 6.07 Å². The van der Waals surface area contributed by atoms with Gasteiger partial charge >= 0.3 is 6.01 Å². The van der Waals surface area contributed by atoms with Gasteiger partial charge in [0.15, 0.2) is 0 Å². The van der Waals surface area contributed by atoms with Crippen molar-refractivity contribution in [3.8, 4) is 5.75 Å². The molecule has 1 N–H and O–H groups in total. The molecule has 0 unspecified atom stereocenters. The smallest absolute Gasteiger partial charge is 0.318 e. The Morgan fingerprint density at radius 2 is 2.00 bits per heavy atom. The first-order valence-electron chi connectivity index (χ1n) is 7.82. The van der Waals surface area contributed by atoms with Crippen LogP contribution >= 0.6 is 0 Å². The molecule has 22 heavy (non-hydrogen) atoms. The summed E-state index contributed by atoms with van der Waals surface area (Å²) in [5.74, 6) is 1.05. The summed E-state index contributed by atoms with van der Waals surface area (Å²) in [5.41, 5.74) is 1.14. The molecule has 1 aromatic heterocycles. The molecule has 0 atom stereocenters. The normalized spacial score (nSPS) is 16.1. The molecule has 1 aromatic carbocycles. The van der Waals surface area contributed by atoms with Gasteiger partial charge in [-0.3, -0.25) is 4.90 Å². The minimum Gasteiger partial charge on any atom is -0.508 e. The van der Waals surface area contributed by atoms with Crippen molar-refractivity contribution in [2.75, 3.05) is 31.1 Å². The molecule has 3 rings (SSSR count). The van der Waals surface area contributed by atoms with E-state index in [0.29, 0.717) is 11.8 Å². The number of hydrogen-bond donors (Lipinski definition) is 1. The Hall–Kier alpha value is -2.08. The van der Waals surface area contributed by atoms with Crippen molar-refractivity contribution in [1.29, 1.82) is 0 Å². The molecule has 0 amide bonds. The van der Waals surface area contributed by atoms with E-state index in [0.717, 1.165) is 57.0 Å². The maximum absolute atomic E-state index is 9.52. The van der Waals surface area contributed by atoms with Crippen LogP contribution in [0.5, 0.6) is 5.75 Å². The van der Waals surface area contributed by atoms with Crippen molar-refractivity contribution in [3.05, 3.63) is 35.7 Å². The summed E-state index contributed by atoms with van der Waals surface area (Å²) in [6, 6.07) is 8.09. The molecular weight excluding hydrogens is 280 g/mol. The molecule has 0 radical (unpaired) electrons. The molecule has 1 aliphatic heterocycles. The lowest BCUT2D eigenvalue weighted by atomic mass is 10.2. The fourth-order valence-corrected chi connectivity index (χ4v) is 2.70. The molecule has 6 heteroatoms. The predicted octanol–water partition coefficient (Wildman–Crippen LogP) is 2.05. The zero-order valence-corrected chi connectivity index (χ0v) is 12.9. The number of aromatic hydroxyl groups is 1. The van der Waals surface area contributed by atoms with E-state index in [1.165, 1.54) is 0 Å². The molecule has 2 aromatic rings. The van der Waals surface area contributed by atoms with Crippen LogP contribution in [-0.4, -0.2) is 46.4 Å². The van der Waals surface area contributed by atoms with E-state index in [2.05, 4.69) is 26.9 Å². The highest BCUT2D eigenvalue weighted by Crippen LogP contribution is 2.18. The van der Waals surface area contributed by atoms with Crippen molar-refractivity contribution < 1.29 is 9.52 Å². The number of anilines is 1. The first-order chi connectivity index (χ1) is 10.7. The van der Waals surface area contributed by atoms with Crippen molar-refractivity contribution in [2.45, 2.75) is 26.3 Å². The van der Waals surface area contributed by atoms with Crippen LogP contribution in [0.4, 0.5) is 6.01 Å². The zero-order chi connectivity index (χ0) is 15.4. The van der Waals surface area contributed by atoms with Gasteiger partial charge in [-0.15, -0.1) is 5.10 Å². The Balaban J connectivity index is 1.53. The van der Waals surface area contributed by atoms with Gasteiger partial charge in [0, 0.05) is 39.1 Å². The topological polar surface area (TPSA) is 65.6 Å². The number of piperazine rings is 1. The number of nitrogens with zero attached hydrogens (tertiary/aromatic N) is 4. The summed E-state index contributed by atoms with van der Waals surface area (Å²) in [7, 11) is 0. The maximum Gasteiger partial charge on any atom is 0.318 e. The number of phenolic OH excluding ortho intramolecular Hbond substituents is 1. The Kier molecular flexibility index (Phi) is 4.58. The van der Waals surface area contributed by atoms with Gasteiger partial charge in [0.2, 0.25) is 5.89 Å². The van der Waals surface area contributed by atoms with Crippen LogP contribution in [0.15, 0.2) is 28.7 Å². The standard InChI is InChI=1S/C16H22N4O2/c1-2-4-15-17-18-16(22-15)20-9-7-19(8-10-20)12-13-5-3-6-14(21)11-13/h3,5-6,11,21H,2,4,7-10,12H2,1H3. The molecule has 1 saturated heterocycles. The summed E-state index contributed by atoms with van der Waals surface area (Å²) < 4.78 is 5.68. The van der Waals surface area contributed by atoms with E-state index < -0.39 is 0 Å². The monoisotopic (exact) mass is 302 g/mol. The van der Waals surface area contributed by atoms with Gasteiger partial charge in [-0.1, -0.05) is 24.2 Å². The quantitative estimate of drug-likeness (QED) is 0.912. The molecule has 6 nitrogen and oxygen atoms in total. The Morgan fingerprint density at radius 3 is 2.73 bits per heavy atom. The van der Waals surface area contributed by atoms with Crippen molar-refractivity contribution in [2.24, 2.45) is 0 Å². The third kappa shape index (κ3) is 3.57.